The molecule has 4 heteroatoms. The van der Waals surface area contributed by atoms with E-state index in [1.54, 1.807) is 6.92 Å². The molecule has 0 atom stereocenters. The maximum atomic E-state index is 6.14. The third-order valence-electron chi connectivity index (χ3n) is 4.86. The van der Waals surface area contributed by atoms with Crippen molar-refractivity contribution in [2.75, 3.05) is 0 Å². The molecule has 0 aromatic rings. The predicted octanol–water partition coefficient (Wildman–Crippen LogP) is 5.61. The van der Waals surface area contributed by atoms with Crippen molar-refractivity contribution in [3.8, 4) is 0 Å². The number of aliphatic imine (C=N–C) groups is 2. The number of hydrogen-bond acceptors (Lipinski definition) is 4. The Morgan fingerprint density at radius 2 is 2.00 bits per heavy atom. The summed E-state index contributed by atoms with van der Waals surface area (Å²) in [7, 11) is 0. The predicted molar refractivity (Wildman–Crippen MR) is 116 cm³/mol. The molecule has 0 saturated heterocycles. The molecule has 4 nitrogen and oxygen atoms in total. The van der Waals surface area contributed by atoms with Crippen LogP contribution in [0.4, 0.5) is 0 Å². The van der Waals surface area contributed by atoms with Crippen molar-refractivity contribution in [1.29, 1.82) is 0 Å². The molecule has 2 rings (SSSR count). The quantitative estimate of drug-likeness (QED) is 0.642. The van der Waals surface area contributed by atoms with Crippen LogP contribution in [0.25, 0.3) is 0 Å². The summed E-state index contributed by atoms with van der Waals surface area (Å²) in [6.45, 7) is 11.5. The molecule has 0 aromatic heterocycles. The fourth-order valence-corrected chi connectivity index (χ4v) is 3.51. The fraction of sp³-hybridized carbons (Fsp3) is 0.478. The van der Waals surface area contributed by atoms with E-state index >= 15 is 0 Å². The fourth-order valence-electron chi connectivity index (χ4n) is 3.51. The largest absolute Gasteiger partial charge is 0.464 e. The lowest BCUT2D eigenvalue weighted by atomic mass is 9.88. The van der Waals surface area contributed by atoms with Crippen LogP contribution in [0.3, 0.4) is 0 Å². The minimum atomic E-state index is -0.620. The number of hydrogen-bond donors (Lipinski definition) is 1. The standard InChI is InChI=1S/C23H33N3O/c1-6-12-19(16-11-15-18-13-9-8-10-14-18)21-23(4,5)27-22(25-7-2)20(26-21)17(3)24/h6-7,11-12,15-16,18H,2,8-10,13-14,24H2,1,3-5H3/b12-6-,15-11+,19-16+,20-17-,25-22+. The third kappa shape index (κ3) is 5.56. The summed E-state index contributed by atoms with van der Waals surface area (Å²) in [5, 5.41) is 0. The summed E-state index contributed by atoms with van der Waals surface area (Å²) in [5.41, 5.74) is 8.42. The van der Waals surface area contributed by atoms with E-state index in [1.165, 1.54) is 38.3 Å². The van der Waals surface area contributed by atoms with Crippen molar-refractivity contribution in [1.82, 2.24) is 0 Å². The van der Waals surface area contributed by atoms with Gasteiger partial charge in [0.15, 0.2) is 0 Å². The van der Waals surface area contributed by atoms with E-state index in [-0.39, 0.29) is 0 Å². The Bertz CT molecular complexity index is 723. The average Bonchev–Trinajstić information content (AvgIpc) is 2.61. The van der Waals surface area contributed by atoms with E-state index in [1.807, 2.05) is 26.8 Å². The van der Waals surface area contributed by atoms with E-state index in [0.717, 1.165) is 11.3 Å². The minimum absolute atomic E-state index is 0.413. The van der Waals surface area contributed by atoms with Gasteiger partial charge in [-0.25, -0.2) is 9.98 Å². The Hall–Kier alpha value is -2.36. The Labute approximate surface area is 164 Å². The minimum Gasteiger partial charge on any atom is -0.464 e. The van der Waals surface area contributed by atoms with Crippen molar-refractivity contribution < 1.29 is 4.74 Å². The molecule has 2 aliphatic rings. The molecule has 1 heterocycles. The Kier molecular flexibility index (Phi) is 7.40. The van der Waals surface area contributed by atoms with Gasteiger partial charge in [0.05, 0.1) is 5.71 Å². The highest BCUT2D eigenvalue weighted by atomic mass is 16.5. The molecule has 1 aliphatic heterocycles. The molecule has 0 amide bonds. The van der Waals surface area contributed by atoms with Crippen LogP contribution >= 0.6 is 0 Å². The van der Waals surface area contributed by atoms with Gasteiger partial charge in [0, 0.05) is 11.9 Å². The zero-order valence-corrected chi connectivity index (χ0v) is 17.2. The van der Waals surface area contributed by atoms with Crippen LogP contribution in [0.15, 0.2) is 70.1 Å². The average molecular weight is 368 g/mol. The SMILES string of the molecule is C=C/N=C1/OC(C)(C)C(C(/C=C\C)=C/C=C/C2CCCCC2)=N/C1=C(/C)N. The first-order valence-electron chi connectivity index (χ1n) is 9.84. The summed E-state index contributed by atoms with van der Waals surface area (Å²) in [4.78, 5) is 9.04. The Balaban J connectivity index is 2.41. The topological polar surface area (TPSA) is 60.0 Å². The molecule has 1 saturated carbocycles. The first-order valence-corrected chi connectivity index (χ1v) is 9.84. The van der Waals surface area contributed by atoms with Gasteiger partial charge >= 0.3 is 0 Å². The molecular formula is C23H33N3O. The van der Waals surface area contributed by atoms with Crippen LogP contribution in [0.1, 0.15) is 59.8 Å². The van der Waals surface area contributed by atoms with Crippen LogP contribution in [0.2, 0.25) is 0 Å². The van der Waals surface area contributed by atoms with Crippen LogP contribution < -0.4 is 5.73 Å². The van der Waals surface area contributed by atoms with Gasteiger partial charge in [-0.2, -0.15) is 0 Å². The zero-order chi connectivity index (χ0) is 19.9. The van der Waals surface area contributed by atoms with Crippen molar-refractivity contribution in [3.63, 3.8) is 0 Å². The second kappa shape index (κ2) is 9.54. The Morgan fingerprint density at radius 1 is 1.30 bits per heavy atom. The van der Waals surface area contributed by atoms with Gasteiger partial charge < -0.3 is 10.5 Å². The van der Waals surface area contributed by atoms with E-state index in [4.69, 9.17) is 15.5 Å². The lowest BCUT2D eigenvalue weighted by molar-refractivity contribution is 0.164. The summed E-state index contributed by atoms with van der Waals surface area (Å²) < 4.78 is 6.14. The normalized spacial score (nSPS) is 25.0. The highest BCUT2D eigenvalue weighted by molar-refractivity contribution is 6.14. The van der Waals surface area contributed by atoms with Gasteiger partial charge in [0.1, 0.15) is 11.3 Å². The molecular weight excluding hydrogens is 334 g/mol. The second-order valence-corrected chi connectivity index (χ2v) is 7.63. The monoisotopic (exact) mass is 367 g/mol. The van der Waals surface area contributed by atoms with Crippen LogP contribution in [-0.4, -0.2) is 17.2 Å². The number of nitrogens with two attached hydrogens (primary N) is 1. The molecule has 146 valence electrons. The smallest absolute Gasteiger partial charge is 0.242 e. The number of ether oxygens (including phenoxy) is 1. The van der Waals surface area contributed by atoms with Gasteiger partial charge in [-0.1, -0.05) is 56.2 Å². The maximum Gasteiger partial charge on any atom is 0.242 e. The molecule has 0 bridgehead atoms. The van der Waals surface area contributed by atoms with E-state index < -0.39 is 5.60 Å². The van der Waals surface area contributed by atoms with Crippen LogP contribution in [0, 0.1) is 5.92 Å². The van der Waals surface area contributed by atoms with E-state index in [9.17, 15) is 0 Å². The summed E-state index contributed by atoms with van der Waals surface area (Å²) in [6.07, 6.45) is 18.8. The highest BCUT2D eigenvalue weighted by Gasteiger charge is 2.36. The van der Waals surface area contributed by atoms with Crippen molar-refractivity contribution >= 4 is 11.6 Å². The molecule has 0 spiro atoms. The summed E-state index contributed by atoms with van der Waals surface area (Å²) >= 11 is 0. The lowest BCUT2D eigenvalue weighted by Gasteiger charge is -2.33. The number of rotatable bonds is 5. The molecule has 0 unspecified atom stereocenters. The molecule has 2 N–H and O–H groups in total. The van der Waals surface area contributed by atoms with E-state index in [0.29, 0.717) is 23.2 Å². The first-order chi connectivity index (χ1) is 12.9. The molecule has 0 radical (unpaired) electrons. The van der Waals surface area contributed by atoms with Gasteiger partial charge in [-0.15, -0.1) is 0 Å². The molecule has 1 fully saturated rings. The summed E-state index contributed by atoms with van der Waals surface area (Å²) in [5.74, 6) is 1.10. The van der Waals surface area contributed by atoms with Gasteiger partial charge in [0.25, 0.3) is 0 Å². The molecule has 27 heavy (non-hydrogen) atoms. The summed E-state index contributed by atoms with van der Waals surface area (Å²) in [6, 6.07) is 0. The van der Waals surface area contributed by atoms with Gasteiger partial charge in [-0.05, 0) is 52.0 Å². The van der Waals surface area contributed by atoms with Crippen LogP contribution in [-0.2, 0) is 4.74 Å². The lowest BCUT2D eigenvalue weighted by Crippen LogP contribution is -2.42. The number of allylic oxidation sites excluding steroid dienone is 6. The van der Waals surface area contributed by atoms with Crippen molar-refractivity contribution in [3.05, 3.63) is 60.1 Å². The van der Waals surface area contributed by atoms with Gasteiger partial charge in [-0.3, -0.25) is 0 Å². The number of nitrogens with zero attached hydrogens (tertiary/aromatic N) is 2. The second-order valence-electron chi connectivity index (χ2n) is 7.63. The zero-order valence-electron chi connectivity index (χ0n) is 17.2. The molecule has 0 aromatic carbocycles. The first kappa shape index (κ1) is 20.9. The third-order valence-corrected chi connectivity index (χ3v) is 4.86. The van der Waals surface area contributed by atoms with Crippen molar-refractivity contribution in [2.45, 2.75) is 65.4 Å². The van der Waals surface area contributed by atoms with Crippen LogP contribution in [0.5, 0.6) is 0 Å². The molecule has 1 aliphatic carbocycles. The van der Waals surface area contributed by atoms with E-state index in [2.05, 4.69) is 35.9 Å². The van der Waals surface area contributed by atoms with Gasteiger partial charge in [0.2, 0.25) is 5.90 Å². The van der Waals surface area contributed by atoms with Crippen molar-refractivity contribution in [2.24, 2.45) is 21.6 Å². The maximum absolute atomic E-state index is 6.14. The Morgan fingerprint density at radius 3 is 2.59 bits per heavy atom. The highest BCUT2D eigenvalue weighted by Crippen LogP contribution is 2.29.